The molecule has 8 heteroatoms. The highest BCUT2D eigenvalue weighted by Crippen LogP contribution is 2.14. The molecule has 2 aromatic carbocycles. The molecule has 8 nitrogen and oxygen atoms in total. The second-order valence-corrected chi connectivity index (χ2v) is 4.66. The maximum Gasteiger partial charge on any atom is 0.258 e. The van der Waals surface area contributed by atoms with Crippen LogP contribution in [-0.2, 0) is 0 Å². The third-order valence-corrected chi connectivity index (χ3v) is 3.29. The molecule has 0 radical (unpaired) electrons. The molecule has 136 valence electrons. The monoisotopic (exact) mass is 356 g/mol. The predicted octanol–water partition coefficient (Wildman–Crippen LogP) is 2.27. The van der Waals surface area contributed by atoms with Gasteiger partial charge in [-0.15, -0.1) is 13.2 Å². The number of imide groups is 2. The summed E-state index contributed by atoms with van der Waals surface area (Å²) in [6.45, 7) is 6.00. The van der Waals surface area contributed by atoms with Crippen molar-refractivity contribution in [3.05, 3.63) is 83.9 Å². The fraction of sp³-hybridized carbons (Fsp3) is 0. The Bertz CT molecular complexity index is 713. The van der Waals surface area contributed by atoms with Crippen LogP contribution in [0.3, 0.4) is 0 Å². The summed E-state index contributed by atoms with van der Waals surface area (Å²) in [5, 5.41) is 4.41. The number of carbonyl (C=O) groups excluding carboxylic acids is 4. The average Bonchev–Trinajstić information content (AvgIpc) is 3.07. The number of amides is 4. The van der Waals surface area contributed by atoms with Crippen molar-refractivity contribution in [2.75, 3.05) is 0 Å². The van der Waals surface area contributed by atoms with Crippen molar-refractivity contribution in [1.29, 1.82) is 0 Å². The van der Waals surface area contributed by atoms with E-state index < -0.39 is 0 Å². The van der Waals surface area contributed by atoms with Crippen LogP contribution in [0.5, 0.6) is 0 Å². The molecule has 2 heterocycles. The fourth-order valence-electron chi connectivity index (χ4n) is 2.23. The van der Waals surface area contributed by atoms with E-state index in [1.807, 2.05) is 0 Å². The molecule has 0 aliphatic carbocycles. The maximum atomic E-state index is 10.9. The molecular weight excluding hydrogens is 336 g/mol. The summed E-state index contributed by atoms with van der Waals surface area (Å²) in [4.78, 5) is 43.8. The first kappa shape index (κ1) is 22.4. The summed E-state index contributed by atoms with van der Waals surface area (Å²) in [5.41, 5.74) is 1.88. The molecule has 0 aromatic heterocycles. The third-order valence-electron chi connectivity index (χ3n) is 3.29. The number of nitrogens with one attached hydrogen (secondary N) is 2. The van der Waals surface area contributed by atoms with Crippen LogP contribution in [0.4, 0.5) is 0 Å². The highest BCUT2D eigenvalue weighted by Gasteiger charge is 2.25. The Morgan fingerprint density at radius 2 is 0.692 bits per heavy atom. The second kappa shape index (κ2) is 9.62. The van der Waals surface area contributed by atoms with E-state index in [1.165, 1.54) is 0 Å². The third kappa shape index (κ3) is 4.26. The lowest BCUT2D eigenvalue weighted by Crippen LogP contribution is -2.19. The molecule has 4 amide bonds. The molecule has 0 fully saturated rings. The molecule has 4 rings (SSSR count). The first-order chi connectivity index (χ1) is 11.6. The van der Waals surface area contributed by atoms with Crippen molar-refractivity contribution in [3.63, 3.8) is 0 Å². The van der Waals surface area contributed by atoms with Gasteiger partial charge in [0, 0.05) is 0 Å². The van der Waals surface area contributed by atoms with Crippen LogP contribution < -0.4 is 22.9 Å². The molecule has 0 saturated heterocycles. The number of benzene rings is 2. The lowest BCUT2D eigenvalue weighted by atomic mass is 10.1. The highest BCUT2D eigenvalue weighted by atomic mass is 16.2. The van der Waals surface area contributed by atoms with Gasteiger partial charge < -0.3 is 12.3 Å². The predicted molar refractivity (Wildman–Crippen MR) is 97.8 cm³/mol. The van der Waals surface area contributed by atoms with Crippen molar-refractivity contribution in [3.8, 4) is 0 Å². The summed E-state index contributed by atoms with van der Waals surface area (Å²) in [6.07, 6.45) is 0. The summed E-state index contributed by atoms with van der Waals surface area (Å²) in [6, 6.07) is 13.5. The van der Waals surface area contributed by atoms with E-state index >= 15 is 0 Å². The molecule has 8 N–H and O–H groups in total. The molecule has 2 aliphatic rings. The van der Waals surface area contributed by atoms with Crippen molar-refractivity contribution in [2.24, 2.45) is 0 Å². The van der Waals surface area contributed by atoms with Gasteiger partial charge in [0.05, 0.1) is 22.3 Å². The highest BCUT2D eigenvalue weighted by molar-refractivity contribution is 6.22. The van der Waals surface area contributed by atoms with Gasteiger partial charge in [-0.3, -0.25) is 29.8 Å². The second-order valence-electron chi connectivity index (χ2n) is 4.66. The number of rotatable bonds is 0. The molecule has 0 atom stereocenters. The molecule has 26 heavy (non-hydrogen) atoms. The van der Waals surface area contributed by atoms with Gasteiger partial charge in [0.25, 0.3) is 23.6 Å². The molecule has 2 aromatic rings. The standard InChI is InChI=1S/2C8H5NO2.C2H4.2H3N/c2*10-7-5-3-1-2-4-6(5)8(11)9-7;1-2;;/h2*1-4H,(H,9,10,11);1-2H2;2*1H3. The van der Waals surface area contributed by atoms with Crippen LogP contribution in [0.15, 0.2) is 61.7 Å². The van der Waals surface area contributed by atoms with Gasteiger partial charge >= 0.3 is 0 Å². The summed E-state index contributed by atoms with van der Waals surface area (Å²) in [7, 11) is 0. The molecular formula is C18H20N4O4. The molecule has 0 unspecified atom stereocenters. The molecule has 2 aliphatic heterocycles. The SMILES string of the molecule is C=C.N.N.O=C1NC(=O)c2ccccc21.O=C1NC(=O)c2ccccc21. The topological polar surface area (TPSA) is 162 Å². The normalized spacial score (nSPS) is 12.5. The summed E-state index contributed by atoms with van der Waals surface area (Å²) in [5.74, 6) is -1.20. The zero-order valence-electron chi connectivity index (χ0n) is 14.1. The van der Waals surface area contributed by atoms with Crippen LogP contribution >= 0.6 is 0 Å². The van der Waals surface area contributed by atoms with Gasteiger partial charge in [-0.25, -0.2) is 0 Å². The molecule has 0 spiro atoms. The van der Waals surface area contributed by atoms with Crippen LogP contribution in [-0.4, -0.2) is 23.6 Å². The Morgan fingerprint density at radius 3 is 0.885 bits per heavy atom. The van der Waals surface area contributed by atoms with E-state index in [-0.39, 0.29) is 35.9 Å². The van der Waals surface area contributed by atoms with Crippen molar-refractivity contribution < 1.29 is 19.2 Å². The summed E-state index contributed by atoms with van der Waals surface area (Å²) < 4.78 is 0. The fourth-order valence-corrected chi connectivity index (χ4v) is 2.23. The van der Waals surface area contributed by atoms with E-state index in [2.05, 4.69) is 23.8 Å². The van der Waals surface area contributed by atoms with Gasteiger partial charge in [-0.05, 0) is 24.3 Å². The van der Waals surface area contributed by atoms with E-state index in [0.29, 0.717) is 22.3 Å². The Balaban J connectivity index is 0.000000410. The lowest BCUT2D eigenvalue weighted by Gasteiger charge is -1.88. The van der Waals surface area contributed by atoms with Gasteiger partial charge in [0.2, 0.25) is 0 Å². The van der Waals surface area contributed by atoms with Crippen molar-refractivity contribution in [2.45, 2.75) is 0 Å². The van der Waals surface area contributed by atoms with E-state index in [1.54, 1.807) is 48.5 Å². The first-order valence-electron chi connectivity index (χ1n) is 6.97. The number of carbonyl (C=O) groups is 4. The van der Waals surface area contributed by atoms with E-state index in [4.69, 9.17) is 0 Å². The van der Waals surface area contributed by atoms with Crippen LogP contribution in [0.2, 0.25) is 0 Å². The quantitative estimate of drug-likeness (QED) is 0.418. The zero-order valence-corrected chi connectivity index (χ0v) is 14.1. The Kier molecular flexibility index (Phi) is 8.28. The molecule has 0 bridgehead atoms. The minimum absolute atomic E-state index is 0. The average molecular weight is 356 g/mol. The number of hydrogen-bond donors (Lipinski definition) is 4. The first-order valence-corrected chi connectivity index (χ1v) is 6.97. The van der Waals surface area contributed by atoms with Gasteiger partial charge in [-0.1, -0.05) is 24.3 Å². The van der Waals surface area contributed by atoms with Gasteiger partial charge in [-0.2, -0.15) is 0 Å². The van der Waals surface area contributed by atoms with Crippen LogP contribution in [0.1, 0.15) is 41.4 Å². The van der Waals surface area contributed by atoms with Crippen molar-refractivity contribution in [1.82, 2.24) is 22.9 Å². The van der Waals surface area contributed by atoms with Gasteiger partial charge in [0.1, 0.15) is 0 Å². The minimum atomic E-state index is -0.300. The zero-order chi connectivity index (χ0) is 17.7. The summed E-state index contributed by atoms with van der Waals surface area (Å²) >= 11 is 0. The largest absolute Gasteiger partial charge is 0.344 e. The van der Waals surface area contributed by atoms with E-state index in [9.17, 15) is 19.2 Å². The Morgan fingerprint density at radius 1 is 0.500 bits per heavy atom. The van der Waals surface area contributed by atoms with Crippen molar-refractivity contribution >= 4 is 23.6 Å². The number of fused-ring (bicyclic) bond motifs is 2. The smallest absolute Gasteiger partial charge is 0.258 e. The van der Waals surface area contributed by atoms with Crippen LogP contribution in [0.25, 0.3) is 0 Å². The minimum Gasteiger partial charge on any atom is -0.344 e. The Hall–Kier alpha value is -3.62. The maximum absolute atomic E-state index is 10.9. The molecule has 0 saturated carbocycles. The van der Waals surface area contributed by atoms with Crippen LogP contribution in [0, 0.1) is 0 Å². The van der Waals surface area contributed by atoms with E-state index in [0.717, 1.165) is 0 Å². The Labute approximate surface area is 150 Å². The van der Waals surface area contributed by atoms with Gasteiger partial charge in [0.15, 0.2) is 0 Å². The lowest BCUT2D eigenvalue weighted by molar-refractivity contribution is 0.0863. The number of hydrogen-bond acceptors (Lipinski definition) is 6.